The number of benzene rings is 2. The highest BCUT2D eigenvalue weighted by Gasteiger charge is 2.36. The molecule has 0 spiro atoms. The van der Waals surface area contributed by atoms with Gasteiger partial charge >= 0.3 is 0 Å². The van der Waals surface area contributed by atoms with Crippen molar-refractivity contribution in [3.8, 4) is 0 Å². The zero-order valence-corrected chi connectivity index (χ0v) is 17.1. The minimum absolute atomic E-state index is 0.0522. The predicted molar refractivity (Wildman–Crippen MR) is 114 cm³/mol. The third-order valence-electron chi connectivity index (χ3n) is 5.85. The molecule has 3 heterocycles. The van der Waals surface area contributed by atoms with Crippen molar-refractivity contribution >= 4 is 32.7 Å². The molecule has 1 fully saturated rings. The number of carbonyl (C=O) groups excluding carboxylic acids is 1. The number of carbonyl (C=O) groups is 1. The zero-order valence-electron chi connectivity index (χ0n) is 15.5. The highest BCUT2D eigenvalue weighted by Crippen LogP contribution is 2.37. The van der Waals surface area contributed by atoms with Gasteiger partial charge in [-0.15, -0.1) is 0 Å². The number of nitrogens with one attached hydrogen (secondary N) is 3. The van der Waals surface area contributed by atoms with Crippen LogP contribution in [0.15, 0.2) is 53.0 Å². The molecule has 5 nitrogen and oxygen atoms in total. The van der Waals surface area contributed by atoms with Crippen LogP contribution in [0.5, 0.6) is 0 Å². The van der Waals surface area contributed by atoms with E-state index >= 15 is 0 Å². The number of H-pyrrole nitrogens is 1. The molecule has 28 heavy (non-hydrogen) atoms. The molecule has 2 aliphatic rings. The first-order valence-electron chi connectivity index (χ1n) is 9.82. The van der Waals surface area contributed by atoms with Gasteiger partial charge in [-0.25, -0.2) is 0 Å². The Kier molecular flexibility index (Phi) is 4.70. The van der Waals surface area contributed by atoms with Gasteiger partial charge in [0.2, 0.25) is 5.91 Å². The molecule has 3 N–H and O–H groups in total. The molecular weight excluding hydrogens is 416 g/mol. The molecule has 2 atom stereocenters. The van der Waals surface area contributed by atoms with E-state index in [0.29, 0.717) is 6.42 Å². The molecule has 1 aromatic heterocycles. The molecule has 3 aromatic rings. The van der Waals surface area contributed by atoms with Crippen LogP contribution in [0.3, 0.4) is 0 Å². The summed E-state index contributed by atoms with van der Waals surface area (Å²) in [6.07, 6.45) is 0.711. The summed E-state index contributed by atoms with van der Waals surface area (Å²) in [7, 11) is 0. The van der Waals surface area contributed by atoms with Gasteiger partial charge in [-0.05, 0) is 29.7 Å². The highest BCUT2D eigenvalue weighted by atomic mass is 79.9. The van der Waals surface area contributed by atoms with Crippen LogP contribution < -0.4 is 10.6 Å². The van der Waals surface area contributed by atoms with E-state index in [1.54, 1.807) is 0 Å². The average molecular weight is 439 g/mol. The van der Waals surface area contributed by atoms with E-state index in [0.717, 1.165) is 47.4 Å². The number of nitrogens with zero attached hydrogens (tertiary/aromatic N) is 1. The number of aromatic nitrogens is 1. The fourth-order valence-electron chi connectivity index (χ4n) is 4.45. The second-order valence-corrected chi connectivity index (χ2v) is 8.37. The summed E-state index contributed by atoms with van der Waals surface area (Å²) < 4.78 is 1.05. The van der Waals surface area contributed by atoms with Gasteiger partial charge in [-0.2, -0.15) is 0 Å². The molecule has 2 unspecified atom stereocenters. The van der Waals surface area contributed by atoms with Crippen molar-refractivity contribution in [2.24, 2.45) is 0 Å². The first kappa shape index (κ1) is 17.9. The third-order valence-corrected chi connectivity index (χ3v) is 6.58. The second-order valence-electron chi connectivity index (χ2n) is 7.52. The summed E-state index contributed by atoms with van der Waals surface area (Å²) in [4.78, 5) is 18.9. The Labute approximate surface area is 172 Å². The number of halogens is 1. The second kappa shape index (κ2) is 7.35. The van der Waals surface area contributed by atoms with E-state index in [9.17, 15) is 4.79 Å². The number of rotatable bonds is 2. The van der Waals surface area contributed by atoms with Gasteiger partial charge in [0.1, 0.15) is 0 Å². The van der Waals surface area contributed by atoms with Crippen LogP contribution in [0.2, 0.25) is 0 Å². The number of hydrogen-bond acceptors (Lipinski definition) is 3. The van der Waals surface area contributed by atoms with Crippen molar-refractivity contribution in [1.82, 2.24) is 20.5 Å². The van der Waals surface area contributed by atoms with Crippen molar-refractivity contribution in [1.29, 1.82) is 0 Å². The standard InChI is InChI=1S/C22H23BrN4O/c23-17-7-3-1-6-15(17)20-21-16(14-5-2-4-8-18(14)25-21)13-19(26-20)22(28)27-11-9-24-10-12-27/h1-8,19-20,24-26H,9-13H2. The lowest BCUT2D eigenvalue weighted by Crippen LogP contribution is -2.55. The fraction of sp³-hybridized carbons (Fsp3) is 0.318. The Morgan fingerprint density at radius 2 is 1.79 bits per heavy atom. The van der Waals surface area contributed by atoms with Gasteiger partial charge in [-0.1, -0.05) is 52.3 Å². The van der Waals surface area contributed by atoms with E-state index in [-0.39, 0.29) is 18.0 Å². The van der Waals surface area contributed by atoms with Crippen LogP contribution in [-0.4, -0.2) is 48.0 Å². The van der Waals surface area contributed by atoms with Crippen molar-refractivity contribution in [3.05, 3.63) is 69.8 Å². The normalized spacial score (nSPS) is 22.2. The molecule has 1 saturated heterocycles. The van der Waals surface area contributed by atoms with E-state index in [2.05, 4.69) is 67.9 Å². The SMILES string of the molecule is O=C(C1Cc2c([nH]c3ccccc23)C(c2ccccc2Br)N1)N1CCNCC1. The number of piperazine rings is 1. The Bertz CT molecular complexity index is 1020. The first-order chi connectivity index (χ1) is 13.7. The number of hydrogen-bond donors (Lipinski definition) is 3. The van der Waals surface area contributed by atoms with E-state index in [1.165, 1.54) is 10.9 Å². The average Bonchev–Trinajstić information content (AvgIpc) is 3.12. The molecule has 2 aromatic carbocycles. The molecule has 0 saturated carbocycles. The van der Waals surface area contributed by atoms with Gasteiger partial charge in [0, 0.05) is 47.2 Å². The summed E-state index contributed by atoms with van der Waals surface area (Å²) in [5.74, 6) is 0.203. The summed E-state index contributed by atoms with van der Waals surface area (Å²) in [5.41, 5.74) is 4.69. The van der Waals surface area contributed by atoms with Crippen molar-refractivity contribution < 1.29 is 4.79 Å². The third kappa shape index (κ3) is 3.05. The van der Waals surface area contributed by atoms with Crippen molar-refractivity contribution in [2.75, 3.05) is 26.2 Å². The topological polar surface area (TPSA) is 60.2 Å². The maximum Gasteiger partial charge on any atom is 0.240 e. The van der Waals surface area contributed by atoms with Gasteiger partial charge in [0.25, 0.3) is 0 Å². The van der Waals surface area contributed by atoms with Crippen LogP contribution in [0.25, 0.3) is 10.9 Å². The molecule has 0 radical (unpaired) electrons. The van der Waals surface area contributed by atoms with Crippen molar-refractivity contribution in [2.45, 2.75) is 18.5 Å². The molecule has 1 amide bonds. The Hall–Kier alpha value is -2.15. The first-order valence-corrected chi connectivity index (χ1v) is 10.6. The van der Waals surface area contributed by atoms with Crippen molar-refractivity contribution in [3.63, 3.8) is 0 Å². The van der Waals surface area contributed by atoms with E-state index in [4.69, 9.17) is 0 Å². The summed E-state index contributed by atoms with van der Waals surface area (Å²) in [6, 6.07) is 16.4. The summed E-state index contributed by atoms with van der Waals surface area (Å²) in [6.45, 7) is 3.28. The van der Waals surface area contributed by atoms with Gasteiger partial charge in [-0.3, -0.25) is 10.1 Å². The fourth-order valence-corrected chi connectivity index (χ4v) is 4.97. The number of amides is 1. The Morgan fingerprint density at radius 1 is 1.04 bits per heavy atom. The molecule has 6 heteroatoms. The largest absolute Gasteiger partial charge is 0.357 e. The quantitative estimate of drug-likeness (QED) is 0.576. The molecule has 0 aliphatic carbocycles. The Morgan fingerprint density at radius 3 is 2.61 bits per heavy atom. The Balaban J connectivity index is 1.59. The molecule has 144 valence electrons. The summed E-state index contributed by atoms with van der Waals surface area (Å²) in [5, 5.41) is 8.19. The molecule has 0 bridgehead atoms. The van der Waals surface area contributed by atoms with E-state index in [1.807, 2.05) is 17.0 Å². The lowest BCUT2D eigenvalue weighted by molar-refractivity contribution is -0.134. The highest BCUT2D eigenvalue weighted by molar-refractivity contribution is 9.10. The van der Waals surface area contributed by atoms with Gasteiger partial charge in [0.15, 0.2) is 0 Å². The smallest absolute Gasteiger partial charge is 0.240 e. The maximum atomic E-state index is 13.3. The lowest BCUT2D eigenvalue weighted by Gasteiger charge is -2.36. The van der Waals surface area contributed by atoms with Crippen LogP contribution in [0, 0.1) is 0 Å². The minimum Gasteiger partial charge on any atom is -0.357 e. The number of aromatic amines is 1. The number of para-hydroxylation sites is 1. The van der Waals surface area contributed by atoms with E-state index < -0.39 is 0 Å². The van der Waals surface area contributed by atoms with Crippen LogP contribution in [0.1, 0.15) is 22.9 Å². The van der Waals surface area contributed by atoms with Crippen LogP contribution in [0.4, 0.5) is 0 Å². The summed E-state index contributed by atoms with van der Waals surface area (Å²) >= 11 is 3.70. The van der Waals surface area contributed by atoms with Crippen LogP contribution >= 0.6 is 15.9 Å². The lowest BCUT2D eigenvalue weighted by atomic mass is 9.89. The predicted octanol–water partition coefficient (Wildman–Crippen LogP) is 2.97. The zero-order chi connectivity index (χ0) is 19.1. The monoisotopic (exact) mass is 438 g/mol. The molecule has 2 aliphatic heterocycles. The molecule has 5 rings (SSSR count). The van der Waals surface area contributed by atoms with Gasteiger partial charge < -0.3 is 15.2 Å². The molecular formula is C22H23BrN4O. The van der Waals surface area contributed by atoms with Crippen LogP contribution in [-0.2, 0) is 11.2 Å². The number of fused-ring (bicyclic) bond motifs is 3. The maximum absolute atomic E-state index is 13.3. The minimum atomic E-state index is -0.220. The van der Waals surface area contributed by atoms with Gasteiger partial charge in [0.05, 0.1) is 12.1 Å².